The lowest BCUT2D eigenvalue weighted by molar-refractivity contribution is 0.408. The van der Waals surface area contributed by atoms with E-state index in [9.17, 15) is 0 Å². The SMILES string of the molecule is COc1ccc(C#N)cc1Cn1ccnc1CCl. The molecular weight excluding hydrogens is 250 g/mol. The molecule has 2 aromatic rings. The molecule has 0 saturated heterocycles. The van der Waals surface area contributed by atoms with Crippen LogP contribution >= 0.6 is 11.6 Å². The maximum atomic E-state index is 8.92. The summed E-state index contributed by atoms with van der Waals surface area (Å²) in [7, 11) is 1.61. The molecule has 0 aliphatic rings. The third kappa shape index (κ3) is 2.47. The molecular formula is C13H12ClN3O. The highest BCUT2D eigenvalue weighted by atomic mass is 35.5. The highest BCUT2D eigenvalue weighted by Gasteiger charge is 2.08. The lowest BCUT2D eigenvalue weighted by atomic mass is 10.1. The normalized spacial score (nSPS) is 10.1. The second-order valence-electron chi connectivity index (χ2n) is 3.74. The van der Waals surface area contributed by atoms with E-state index in [1.165, 1.54) is 0 Å². The van der Waals surface area contributed by atoms with Crippen molar-refractivity contribution in [1.29, 1.82) is 5.26 Å². The Morgan fingerprint density at radius 2 is 2.33 bits per heavy atom. The average molecular weight is 262 g/mol. The lowest BCUT2D eigenvalue weighted by Crippen LogP contribution is -2.04. The summed E-state index contributed by atoms with van der Waals surface area (Å²) in [6.07, 6.45) is 3.56. The van der Waals surface area contributed by atoms with Gasteiger partial charge in [-0.25, -0.2) is 4.98 Å². The van der Waals surface area contributed by atoms with Crippen LogP contribution in [0.15, 0.2) is 30.6 Å². The van der Waals surface area contributed by atoms with Crippen molar-refractivity contribution in [3.63, 3.8) is 0 Å². The van der Waals surface area contributed by atoms with E-state index in [0.29, 0.717) is 18.0 Å². The number of hydrogen-bond donors (Lipinski definition) is 0. The van der Waals surface area contributed by atoms with Crippen LogP contribution in [0, 0.1) is 11.3 Å². The molecule has 2 rings (SSSR count). The Hall–Kier alpha value is -1.99. The van der Waals surface area contributed by atoms with Crippen LogP contribution < -0.4 is 4.74 Å². The molecule has 92 valence electrons. The van der Waals surface area contributed by atoms with Crippen LogP contribution in [-0.2, 0) is 12.4 Å². The zero-order chi connectivity index (χ0) is 13.0. The van der Waals surface area contributed by atoms with Crippen molar-refractivity contribution in [2.24, 2.45) is 0 Å². The summed E-state index contributed by atoms with van der Waals surface area (Å²) in [5.74, 6) is 1.90. The zero-order valence-electron chi connectivity index (χ0n) is 9.93. The number of imidazole rings is 1. The fraction of sp³-hybridized carbons (Fsp3) is 0.231. The highest BCUT2D eigenvalue weighted by molar-refractivity contribution is 6.16. The van der Waals surface area contributed by atoms with E-state index in [1.54, 1.807) is 25.4 Å². The lowest BCUT2D eigenvalue weighted by Gasteiger charge is -2.11. The summed E-state index contributed by atoms with van der Waals surface area (Å²) in [4.78, 5) is 4.15. The fourth-order valence-corrected chi connectivity index (χ4v) is 1.99. The molecule has 0 amide bonds. The van der Waals surface area contributed by atoms with Crippen molar-refractivity contribution in [3.8, 4) is 11.8 Å². The molecule has 5 heteroatoms. The second kappa shape index (κ2) is 5.56. The number of ether oxygens (including phenoxy) is 1. The number of halogens is 1. The van der Waals surface area contributed by atoms with Gasteiger partial charge in [-0.2, -0.15) is 5.26 Å². The number of nitriles is 1. The van der Waals surface area contributed by atoms with Crippen molar-refractivity contribution >= 4 is 11.6 Å². The number of aromatic nitrogens is 2. The molecule has 0 unspecified atom stereocenters. The van der Waals surface area contributed by atoms with Crippen LogP contribution in [0.3, 0.4) is 0 Å². The molecule has 0 atom stereocenters. The van der Waals surface area contributed by atoms with E-state index in [4.69, 9.17) is 21.6 Å². The summed E-state index contributed by atoms with van der Waals surface area (Å²) in [5, 5.41) is 8.92. The first kappa shape index (κ1) is 12.5. The van der Waals surface area contributed by atoms with Crippen molar-refractivity contribution < 1.29 is 4.74 Å². The zero-order valence-corrected chi connectivity index (χ0v) is 10.7. The van der Waals surface area contributed by atoms with Gasteiger partial charge in [-0.3, -0.25) is 0 Å². The number of hydrogen-bond acceptors (Lipinski definition) is 3. The maximum Gasteiger partial charge on any atom is 0.123 e. The first-order chi connectivity index (χ1) is 8.78. The van der Waals surface area contributed by atoms with Gasteiger partial charge in [0.05, 0.1) is 31.2 Å². The van der Waals surface area contributed by atoms with Gasteiger partial charge in [0.2, 0.25) is 0 Å². The first-order valence-corrected chi connectivity index (χ1v) is 5.95. The van der Waals surface area contributed by atoms with Crippen molar-refractivity contribution in [2.75, 3.05) is 7.11 Å². The molecule has 0 saturated carbocycles. The monoisotopic (exact) mass is 261 g/mol. The molecule has 1 heterocycles. The van der Waals surface area contributed by atoms with Crippen molar-refractivity contribution in [2.45, 2.75) is 12.4 Å². The average Bonchev–Trinajstić information content (AvgIpc) is 2.86. The molecule has 0 aliphatic heterocycles. The van der Waals surface area contributed by atoms with Crippen LogP contribution in [0.5, 0.6) is 5.75 Å². The van der Waals surface area contributed by atoms with Crippen molar-refractivity contribution in [1.82, 2.24) is 9.55 Å². The number of methoxy groups -OCH3 is 1. The number of benzene rings is 1. The molecule has 0 aliphatic carbocycles. The minimum absolute atomic E-state index is 0.354. The Kier molecular flexibility index (Phi) is 3.85. The molecule has 1 aromatic carbocycles. The van der Waals surface area contributed by atoms with Gasteiger partial charge in [-0.1, -0.05) is 0 Å². The summed E-state index contributed by atoms with van der Waals surface area (Å²) in [6, 6.07) is 7.47. The van der Waals surface area contributed by atoms with Crippen LogP contribution in [0.1, 0.15) is 17.0 Å². The second-order valence-corrected chi connectivity index (χ2v) is 4.01. The third-order valence-corrected chi connectivity index (χ3v) is 2.91. The summed E-state index contributed by atoms with van der Waals surface area (Å²) in [6.45, 7) is 0.584. The van der Waals surface area contributed by atoms with Crippen LogP contribution in [-0.4, -0.2) is 16.7 Å². The van der Waals surface area contributed by atoms with Gasteiger partial charge in [0.15, 0.2) is 0 Å². The third-order valence-electron chi connectivity index (χ3n) is 2.67. The predicted molar refractivity (Wildman–Crippen MR) is 68.6 cm³/mol. The van der Waals surface area contributed by atoms with Gasteiger partial charge in [-0.15, -0.1) is 11.6 Å². The van der Waals surface area contributed by atoms with Gasteiger partial charge < -0.3 is 9.30 Å². The minimum atomic E-state index is 0.354. The molecule has 0 radical (unpaired) electrons. The molecule has 4 nitrogen and oxygen atoms in total. The number of alkyl halides is 1. The molecule has 18 heavy (non-hydrogen) atoms. The molecule has 1 aromatic heterocycles. The van der Waals surface area contributed by atoms with Crippen LogP contribution in [0.2, 0.25) is 0 Å². The predicted octanol–water partition coefficient (Wildman–Crippen LogP) is 2.55. The van der Waals surface area contributed by atoms with Gasteiger partial charge in [0.1, 0.15) is 11.6 Å². The highest BCUT2D eigenvalue weighted by Crippen LogP contribution is 2.21. The summed E-state index contributed by atoms with van der Waals surface area (Å²) in [5.41, 5.74) is 1.54. The quantitative estimate of drug-likeness (QED) is 0.795. The molecule has 0 fully saturated rings. The molecule has 0 N–H and O–H groups in total. The number of rotatable bonds is 4. The van der Waals surface area contributed by atoms with E-state index < -0.39 is 0 Å². The van der Waals surface area contributed by atoms with E-state index in [-0.39, 0.29) is 0 Å². The standard InChI is InChI=1S/C13H12ClN3O/c1-18-12-3-2-10(8-15)6-11(12)9-17-5-4-16-13(17)7-14/h2-6H,7,9H2,1H3. The smallest absolute Gasteiger partial charge is 0.123 e. The molecule has 0 bridgehead atoms. The van der Waals surface area contributed by atoms with E-state index in [1.807, 2.05) is 16.8 Å². The van der Waals surface area contributed by atoms with E-state index >= 15 is 0 Å². The van der Waals surface area contributed by atoms with Gasteiger partial charge in [0.25, 0.3) is 0 Å². The maximum absolute atomic E-state index is 8.92. The van der Waals surface area contributed by atoms with Gasteiger partial charge in [0, 0.05) is 18.0 Å². The Morgan fingerprint density at radius 1 is 1.50 bits per heavy atom. The molecule has 0 spiro atoms. The Morgan fingerprint density at radius 3 is 3.00 bits per heavy atom. The largest absolute Gasteiger partial charge is 0.496 e. The van der Waals surface area contributed by atoms with Crippen LogP contribution in [0.4, 0.5) is 0 Å². The van der Waals surface area contributed by atoms with Gasteiger partial charge >= 0.3 is 0 Å². The van der Waals surface area contributed by atoms with E-state index in [0.717, 1.165) is 17.1 Å². The first-order valence-electron chi connectivity index (χ1n) is 5.41. The van der Waals surface area contributed by atoms with Crippen molar-refractivity contribution in [3.05, 3.63) is 47.5 Å². The Balaban J connectivity index is 2.36. The number of nitrogens with zero attached hydrogens (tertiary/aromatic N) is 3. The minimum Gasteiger partial charge on any atom is -0.496 e. The van der Waals surface area contributed by atoms with Gasteiger partial charge in [-0.05, 0) is 18.2 Å². The fourth-order valence-electron chi connectivity index (χ4n) is 1.77. The Labute approximate surface area is 110 Å². The summed E-state index contributed by atoms with van der Waals surface area (Å²) < 4.78 is 7.23. The Bertz CT molecular complexity index is 586. The summed E-state index contributed by atoms with van der Waals surface area (Å²) >= 11 is 5.80. The van der Waals surface area contributed by atoms with Crippen LogP contribution in [0.25, 0.3) is 0 Å². The topological polar surface area (TPSA) is 50.8 Å². The van der Waals surface area contributed by atoms with E-state index in [2.05, 4.69) is 11.1 Å².